The molecule has 74 valence electrons. The van der Waals surface area contributed by atoms with Crippen LogP contribution in [-0.4, -0.2) is 12.9 Å². The summed E-state index contributed by atoms with van der Waals surface area (Å²) in [6.07, 6.45) is 4.48. The number of thioether (sulfide) groups is 1. The smallest absolute Gasteiger partial charge is 0.123 e. The van der Waals surface area contributed by atoms with Gasteiger partial charge in [0.2, 0.25) is 0 Å². The van der Waals surface area contributed by atoms with Crippen LogP contribution in [-0.2, 0) is 4.75 Å². The summed E-state index contributed by atoms with van der Waals surface area (Å²) in [5, 5.41) is 0. The maximum atomic E-state index is 5.38. The third-order valence-corrected chi connectivity index (χ3v) is 3.87. The lowest BCUT2D eigenvalue weighted by Crippen LogP contribution is -2.12. The quantitative estimate of drug-likeness (QED) is 0.687. The van der Waals surface area contributed by atoms with Crippen LogP contribution >= 0.6 is 11.8 Å². The van der Waals surface area contributed by atoms with E-state index in [1.807, 2.05) is 23.9 Å². The minimum absolute atomic E-state index is 0.0899. The van der Waals surface area contributed by atoms with Crippen molar-refractivity contribution in [3.8, 4) is 5.75 Å². The number of para-hydroxylation sites is 1. The van der Waals surface area contributed by atoms with Gasteiger partial charge >= 0.3 is 0 Å². The molecule has 0 aliphatic carbocycles. The highest BCUT2D eigenvalue weighted by atomic mass is 32.2. The molecule has 0 saturated heterocycles. The van der Waals surface area contributed by atoms with Crippen molar-refractivity contribution in [3.63, 3.8) is 0 Å². The Morgan fingerprint density at radius 2 is 2.14 bits per heavy atom. The summed E-state index contributed by atoms with van der Waals surface area (Å²) in [4.78, 5) is 0. The molecule has 0 aromatic heterocycles. The second kappa shape index (κ2) is 3.70. The minimum atomic E-state index is 0.0899. The highest BCUT2D eigenvalue weighted by Gasteiger charge is 2.29. The first-order valence-electron chi connectivity index (χ1n) is 4.71. The first-order valence-corrected chi connectivity index (χ1v) is 5.70. The van der Waals surface area contributed by atoms with E-state index in [9.17, 15) is 0 Å². The van der Waals surface area contributed by atoms with Crippen molar-refractivity contribution >= 4 is 11.8 Å². The molecule has 0 unspecified atom stereocenters. The Morgan fingerprint density at radius 3 is 2.79 bits per heavy atom. The van der Waals surface area contributed by atoms with E-state index < -0.39 is 0 Å². The molecule has 2 heteroatoms. The number of ether oxygens (including phenoxy) is 1. The monoisotopic (exact) mass is 206 g/mol. The van der Waals surface area contributed by atoms with E-state index in [1.54, 1.807) is 7.11 Å². The van der Waals surface area contributed by atoms with Crippen LogP contribution in [0.15, 0.2) is 36.4 Å². The summed E-state index contributed by atoms with van der Waals surface area (Å²) in [5.41, 5.74) is 1.27. The molecule has 1 atom stereocenters. The number of benzene rings is 1. The van der Waals surface area contributed by atoms with Crippen molar-refractivity contribution < 1.29 is 4.74 Å². The Hall–Kier alpha value is -0.890. The molecule has 0 bridgehead atoms. The molecule has 2 rings (SSSR count). The summed E-state index contributed by atoms with van der Waals surface area (Å²) in [6.45, 7) is 2.24. The van der Waals surface area contributed by atoms with Gasteiger partial charge in [-0.2, -0.15) is 0 Å². The van der Waals surface area contributed by atoms with Gasteiger partial charge < -0.3 is 4.74 Å². The predicted octanol–water partition coefficient (Wildman–Crippen LogP) is 3.21. The highest BCUT2D eigenvalue weighted by Crippen LogP contribution is 2.45. The van der Waals surface area contributed by atoms with E-state index in [2.05, 4.69) is 31.2 Å². The fourth-order valence-electron chi connectivity index (χ4n) is 1.76. The summed E-state index contributed by atoms with van der Waals surface area (Å²) in [7, 11) is 1.73. The van der Waals surface area contributed by atoms with Gasteiger partial charge in [0.15, 0.2) is 0 Å². The summed E-state index contributed by atoms with van der Waals surface area (Å²) in [6, 6.07) is 8.24. The fourth-order valence-corrected chi connectivity index (χ4v) is 2.82. The molecule has 0 amide bonds. The van der Waals surface area contributed by atoms with E-state index in [0.29, 0.717) is 0 Å². The van der Waals surface area contributed by atoms with E-state index in [0.717, 1.165) is 11.5 Å². The first-order chi connectivity index (χ1) is 6.76. The zero-order valence-electron chi connectivity index (χ0n) is 8.49. The van der Waals surface area contributed by atoms with Crippen LogP contribution in [0, 0.1) is 0 Å². The third-order valence-electron chi connectivity index (χ3n) is 2.56. The molecule has 1 aromatic rings. The fraction of sp³-hybridized carbons (Fsp3) is 0.333. The molecule has 14 heavy (non-hydrogen) atoms. The van der Waals surface area contributed by atoms with E-state index in [4.69, 9.17) is 4.74 Å². The molecule has 0 N–H and O–H groups in total. The van der Waals surface area contributed by atoms with Crippen molar-refractivity contribution in [3.05, 3.63) is 42.0 Å². The zero-order valence-corrected chi connectivity index (χ0v) is 9.30. The average Bonchev–Trinajstić information content (AvgIpc) is 2.66. The van der Waals surface area contributed by atoms with Crippen LogP contribution in [0.5, 0.6) is 5.75 Å². The van der Waals surface area contributed by atoms with Crippen LogP contribution in [0.25, 0.3) is 0 Å². The first kappa shape index (κ1) is 9.66. The summed E-state index contributed by atoms with van der Waals surface area (Å²) in [5.74, 6) is 2.07. The molecular formula is C12H14OS. The molecule has 0 radical (unpaired) electrons. The van der Waals surface area contributed by atoms with Gasteiger partial charge in [0.05, 0.1) is 11.9 Å². The highest BCUT2D eigenvalue weighted by molar-refractivity contribution is 8.00. The van der Waals surface area contributed by atoms with Gasteiger partial charge in [-0.3, -0.25) is 0 Å². The largest absolute Gasteiger partial charge is 0.496 e. The van der Waals surface area contributed by atoms with E-state index in [1.165, 1.54) is 5.56 Å². The molecular weight excluding hydrogens is 192 g/mol. The Kier molecular flexibility index (Phi) is 2.55. The van der Waals surface area contributed by atoms with Crippen molar-refractivity contribution in [2.45, 2.75) is 11.7 Å². The van der Waals surface area contributed by atoms with Crippen molar-refractivity contribution in [1.82, 2.24) is 0 Å². The summed E-state index contributed by atoms with van der Waals surface area (Å²) < 4.78 is 5.47. The van der Waals surface area contributed by atoms with Gasteiger partial charge in [0.25, 0.3) is 0 Å². The normalized spacial score (nSPS) is 25.3. The van der Waals surface area contributed by atoms with Crippen LogP contribution in [0.1, 0.15) is 12.5 Å². The number of rotatable bonds is 2. The molecule has 0 spiro atoms. The van der Waals surface area contributed by atoms with Crippen LogP contribution in [0.3, 0.4) is 0 Å². The van der Waals surface area contributed by atoms with Crippen molar-refractivity contribution in [1.29, 1.82) is 0 Å². The number of methoxy groups -OCH3 is 1. The number of hydrogen-bond donors (Lipinski definition) is 0. The molecule has 0 saturated carbocycles. The average molecular weight is 206 g/mol. The number of hydrogen-bond acceptors (Lipinski definition) is 2. The topological polar surface area (TPSA) is 9.23 Å². The minimum Gasteiger partial charge on any atom is -0.496 e. The zero-order chi connectivity index (χ0) is 10.0. The molecule has 1 heterocycles. The van der Waals surface area contributed by atoms with Gasteiger partial charge in [0.1, 0.15) is 5.75 Å². The van der Waals surface area contributed by atoms with Gasteiger partial charge in [0, 0.05) is 11.3 Å². The third kappa shape index (κ3) is 1.55. The molecule has 1 aliphatic rings. The SMILES string of the molecule is COc1ccccc1[C@@]1(C)C=CCS1. The second-order valence-electron chi connectivity index (χ2n) is 3.52. The molecule has 1 nitrogen and oxygen atoms in total. The predicted molar refractivity (Wildman–Crippen MR) is 61.9 cm³/mol. The lowest BCUT2D eigenvalue weighted by atomic mass is 9.99. The Morgan fingerprint density at radius 1 is 1.36 bits per heavy atom. The van der Waals surface area contributed by atoms with Gasteiger partial charge in [-0.25, -0.2) is 0 Å². The maximum absolute atomic E-state index is 5.38. The molecule has 1 aliphatic heterocycles. The van der Waals surface area contributed by atoms with Gasteiger partial charge in [-0.05, 0) is 13.0 Å². The maximum Gasteiger partial charge on any atom is 0.123 e. The Balaban J connectivity index is 2.44. The Bertz CT molecular complexity index is 359. The lowest BCUT2D eigenvalue weighted by molar-refractivity contribution is 0.407. The van der Waals surface area contributed by atoms with E-state index >= 15 is 0 Å². The van der Waals surface area contributed by atoms with Crippen molar-refractivity contribution in [2.75, 3.05) is 12.9 Å². The van der Waals surface area contributed by atoms with Gasteiger partial charge in [-0.15, -0.1) is 11.8 Å². The van der Waals surface area contributed by atoms with Crippen LogP contribution < -0.4 is 4.74 Å². The standard InChI is InChI=1S/C12H14OS/c1-12(8-5-9-14-12)10-6-3-4-7-11(10)13-2/h3-8H,9H2,1-2H3/t12-/m1/s1. The van der Waals surface area contributed by atoms with Crippen LogP contribution in [0.2, 0.25) is 0 Å². The molecule has 0 fully saturated rings. The second-order valence-corrected chi connectivity index (χ2v) is 4.99. The lowest BCUT2D eigenvalue weighted by Gasteiger charge is -2.23. The van der Waals surface area contributed by atoms with Crippen LogP contribution in [0.4, 0.5) is 0 Å². The Labute approximate surface area is 89.2 Å². The van der Waals surface area contributed by atoms with Gasteiger partial charge in [-0.1, -0.05) is 30.4 Å². The van der Waals surface area contributed by atoms with E-state index in [-0.39, 0.29) is 4.75 Å². The van der Waals surface area contributed by atoms with Crippen molar-refractivity contribution in [2.24, 2.45) is 0 Å². The molecule has 1 aromatic carbocycles. The summed E-state index contributed by atoms with van der Waals surface area (Å²) >= 11 is 1.94.